The normalized spacial score (nSPS) is 14.6. The van der Waals surface area contributed by atoms with E-state index in [1.54, 1.807) is 42.5 Å². The molecule has 0 radical (unpaired) electrons. The molecule has 2 aromatic carbocycles. The molecule has 1 saturated heterocycles. The van der Waals surface area contributed by atoms with Crippen molar-refractivity contribution in [3.63, 3.8) is 0 Å². The zero-order chi connectivity index (χ0) is 24.0. The lowest BCUT2D eigenvalue weighted by atomic mass is 10.1. The van der Waals surface area contributed by atoms with Crippen LogP contribution in [0.4, 0.5) is 5.69 Å². The van der Waals surface area contributed by atoms with Crippen LogP contribution in [0.25, 0.3) is 33.2 Å². The van der Waals surface area contributed by atoms with Gasteiger partial charge in [0.2, 0.25) is 0 Å². The Bertz CT molecular complexity index is 1650. The van der Waals surface area contributed by atoms with E-state index in [0.717, 1.165) is 35.4 Å². The van der Waals surface area contributed by atoms with E-state index in [4.69, 9.17) is 16.3 Å². The van der Waals surface area contributed by atoms with E-state index in [0.29, 0.717) is 29.8 Å². The molecule has 1 fully saturated rings. The summed E-state index contributed by atoms with van der Waals surface area (Å²) in [6.45, 7) is 3.12. The van der Waals surface area contributed by atoms with Crippen LogP contribution in [-0.2, 0) is 14.8 Å². The summed E-state index contributed by atoms with van der Waals surface area (Å²) in [6, 6.07) is 21.5. The lowest BCUT2D eigenvalue weighted by Gasteiger charge is -2.28. The van der Waals surface area contributed by atoms with E-state index in [9.17, 15) is 8.42 Å². The van der Waals surface area contributed by atoms with E-state index < -0.39 is 10.0 Å². The molecule has 0 spiro atoms. The molecule has 0 N–H and O–H groups in total. The van der Waals surface area contributed by atoms with Crippen LogP contribution < -0.4 is 4.90 Å². The minimum atomic E-state index is -3.90. The van der Waals surface area contributed by atoms with Gasteiger partial charge in [0.15, 0.2) is 5.65 Å². The minimum absolute atomic E-state index is 0.185. The van der Waals surface area contributed by atoms with Gasteiger partial charge in [-0.05, 0) is 48.5 Å². The summed E-state index contributed by atoms with van der Waals surface area (Å²) in [5.41, 5.74) is 3.58. The third kappa shape index (κ3) is 3.83. The molecule has 0 bridgehead atoms. The third-order valence-electron chi connectivity index (χ3n) is 6.24. The molecule has 0 aliphatic carbocycles. The maximum absolute atomic E-state index is 13.6. The number of pyridine rings is 2. The standard InChI is InChI=1S/C26H21ClN4O3S/c27-25-11-8-21-22-16-18(23-9-7-19(17-28-23)30-12-14-34-15-13-30)6-10-24(22)31(26(21)29-25)35(32,33)20-4-2-1-3-5-20/h1-11,16-17H,12-15H2. The van der Waals surface area contributed by atoms with Crippen molar-refractivity contribution in [2.45, 2.75) is 4.90 Å². The molecule has 1 aliphatic heterocycles. The predicted octanol–water partition coefficient (Wildman–Crippen LogP) is 4.98. The molecule has 176 valence electrons. The Morgan fingerprint density at radius 1 is 0.886 bits per heavy atom. The highest BCUT2D eigenvalue weighted by Crippen LogP contribution is 2.35. The second-order valence-corrected chi connectivity index (χ2v) is 10.5. The van der Waals surface area contributed by atoms with Crippen LogP contribution in [0.3, 0.4) is 0 Å². The van der Waals surface area contributed by atoms with E-state index in [2.05, 4.69) is 20.9 Å². The molecule has 7 nitrogen and oxygen atoms in total. The number of benzene rings is 2. The molecule has 35 heavy (non-hydrogen) atoms. The number of halogens is 1. The summed E-state index contributed by atoms with van der Waals surface area (Å²) in [5.74, 6) is 0. The second-order valence-electron chi connectivity index (χ2n) is 8.32. The molecule has 0 saturated carbocycles. The van der Waals surface area contributed by atoms with Crippen LogP contribution in [0.15, 0.2) is 83.9 Å². The average Bonchev–Trinajstić information content (AvgIpc) is 3.23. The smallest absolute Gasteiger partial charge is 0.269 e. The molecule has 0 unspecified atom stereocenters. The van der Waals surface area contributed by atoms with E-state index in [1.165, 1.54) is 3.97 Å². The Morgan fingerprint density at radius 2 is 1.69 bits per heavy atom. The van der Waals surface area contributed by atoms with Crippen LogP contribution in [0.1, 0.15) is 0 Å². The molecular weight excluding hydrogens is 484 g/mol. The number of aromatic nitrogens is 3. The SMILES string of the molecule is O=S(=O)(c1ccccc1)n1c2ccc(-c3ccc(N4CCOCC4)cn3)cc2c2ccc(Cl)nc21. The van der Waals surface area contributed by atoms with Gasteiger partial charge in [-0.2, -0.15) is 0 Å². The molecule has 0 amide bonds. The number of hydrogen-bond acceptors (Lipinski definition) is 6. The summed E-state index contributed by atoms with van der Waals surface area (Å²) in [4.78, 5) is 11.5. The predicted molar refractivity (Wildman–Crippen MR) is 138 cm³/mol. The van der Waals surface area contributed by atoms with Crippen molar-refractivity contribution in [2.75, 3.05) is 31.2 Å². The molecule has 1 aliphatic rings. The summed E-state index contributed by atoms with van der Waals surface area (Å²) >= 11 is 6.18. The maximum Gasteiger partial charge on any atom is 0.269 e. The van der Waals surface area contributed by atoms with Crippen LogP contribution in [0.2, 0.25) is 5.15 Å². The Hall–Kier alpha value is -3.46. The van der Waals surface area contributed by atoms with Gasteiger partial charge in [-0.25, -0.2) is 17.4 Å². The van der Waals surface area contributed by atoms with Crippen molar-refractivity contribution in [3.8, 4) is 11.3 Å². The molecular formula is C26H21ClN4O3S. The van der Waals surface area contributed by atoms with E-state index >= 15 is 0 Å². The van der Waals surface area contributed by atoms with Gasteiger partial charge in [0.25, 0.3) is 10.0 Å². The summed E-state index contributed by atoms with van der Waals surface area (Å²) in [6.07, 6.45) is 1.87. The number of hydrogen-bond donors (Lipinski definition) is 0. The fraction of sp³-hybridized carbons (Fsp3) is 0.154. The van der Waals surface area contributed by atoms with Crippen LogP contribution in [-0.4, -0.2) is 48.7 Å². The Kier molecular flexibility index (Phi) is 5.44. The summed E-state index contributed by atoms with van der Waals surface area (Å²) in [5, 5.41) is 1.70. The summed E-state index contributed by atoms with van der Waals surface area (Å²) in [7, 11) is -3.90. The van der Waals surface area contributed by atoms with Crippen molar-refractivity contribution < 1.29 is 13.2 Å². The van der Waals surface area contributed by atoms with Gasteiger partial charge >= 0.3 is 0 Å². The van der Waals surface area contributed by atoms with E-state index in [-0.39, 0.29) is 10.0 Å². The van der Waals surface area contributed by atoms with Crippen LogP contribution in [0, 0.1) is 0 Å². The minimum Gasteiger partial charge on any atom is -0.378 e. The third-order valence-corrected chi connectivity index (χ3v) is 8.17. The molecule has 0 atom stereocenters. The molecule has 3 aromatic heterocycles. The highest BCUT2D eigenvalue weighted by Gasteiger charge is 2.24. The molecule has 6 rings (SSSR count). The number of fused-ring (bicyclic) bond motifs is 3. The lowest BCUT2D eigenvalue weighted by molar-refractivity contribution is 0.122. The van der Waals surface area contributed by atoms with Gasteiger partial charge in [0.1, 0.15) is 5.15 Å². The van der Waals surface area contributed by atoms with Crippen LogP contribution >= 0.6 is 11.6 Å². The first-order valence-corrected chi connectivity index (χ1v) is 13.0. The second kappa shape index (κ2) is 8.64. The first-order valence-electron chi connectivity index (χ1n) is 11.2. The molecule has 5 aromatic rings. The topological polar surface area (TPSA) is 77.3 Å². The number of rotatable bonds is 4. The highest BCUT2D eigenvalue weighted by atomic mass is 35.5. The van der Waals surface area contributed by atoms with Crippen molar-refractivity contribution in [1.82, 2.24) is 13.9 Å². The number of ether oxygens (including phenoxy) is 1. The van der Waals surface area contributed by atoms with Crippen molar-refractivity contribution in [2.24, 2.45) is 0 Å². The van der Waals surface area contributed by atoms with Crippen molar-refractivity contribution >= 4 is 49.2 Å². The Labute approximate surface area is 207 Å². The van der Waals surface area contributed by atoms with Crippen molar-refractivity contribution in [3.05, 3.63) is 84.1 Å². The highest BCUT2D eigenvalue weighted by molar-refractivity contribution is 7.90. The van der Waals surface area contributed by atoms with Crippen LogP contribution in [0.5, 0.6) is 0 Å². The van der Waals surface area contributed by atoms with Gasteiger partial charge in [0, 0.05) is 29.4 Å². The van der Waals surface area contributed by atoms with Gasteiger partial charge in [-0.1, -0.05) is 35.9 Å². The molecule has 4 heterocycles. The monoisotopic (exact) mass is 504 g/mol. The number of nitrogens with zero attached hydrogens (tertiary/aromatic N) is 4. The first kappa shape index (κ1) is 22.0. The Balaban J connectivity index is 1.49. The van der Waals surface area contributed by atoms with Gasteiger partial charge in [0.05, 0.1) is 41.2 Å². The number of anilines is 1. The molecule has 9 heteroatoms. The van der Waals surface area contributed by atoms with Gasteiger partial charge < -0.3 is 9.64 Å². The Morgan fingerprint density at radius 3 is 2.43 bits per heavy atom. The first-order chi connectivity index (χ1) is 17.0. The fourth-order valence-electron chi connectivity index (χ4n) is 4.50. The fourth-order valence-corrected chi connectivity index (χ4v) is 6.14. The zero-order valence-corrected chi connectivity index (χ0v) is 20.2. The quantitative estimate of drug-likeness (QED) is 0.321. The number of morpholine rings is 1. The van der Waals surface area contributed by atoms with Gasteiger partial charge in [-0.3, -0.25) is 4.98 Å². The zero-order valence-electron chi connectivity index (χ0n) is 18.6. The van der Waals surface area contributed by atoms with E-state index in [1.807, 2.05) is 30.5 Å². The summed E-state index contributed by atoms with van der Waals surface area (Å²) < 4.78 is 34.0. The average molecular weight is 505 g/mol. The van der Waals surface area contributed by atoms with Crippen molar-refractivity contribution in [1.29, 1.82) is 0 Å². The largest absolute Gasteiger partial charge is 0.378 e. The lowest BCUT2D eigenvalue weighted by Crippen LogP contribution is -2.36. The van der Waals surface area contributed by atoms with Gasteiger partial charge in [-0.15, -0.1) is 0 Å². The maximum atomic E-state index is 13.6.